The van der Waals surface area contributed by atoms with Crippen LogP contribution in [-0.2, 0) is 30.3 Å². The monoisotopic (exact) mass is 601 g/mol. The van der Waals surface area contributed by atoms with E-state index in [1.54, 1.807) is 5.38 Å². The molecule has 1 fully saturated rings. The highest BCUT2D eigenvalue weighted by Crippen LogP contribution is 2.26. The van der Waals surface area contributed by atoms with Gasteiger partial charge in [0.2, 0.25) is 17.7 Å². The zero-order valence-corrected chi connectivity index (χ0v) is 24.7. The molecular formula is C29H39N5O7S. The van der Waals surface area contributed by atoms with Crippen LogP contribution in [0.25, 0.3) is 0 Å². The van der Waals surface area contributed by atoms with E-state index >= 15 is 0 Å². The minimum atomic E-state index is -0.767. The second-order valence-electron chi connectivity index (χ2n) is 10.5. The lowest BCUT2D eigenvalue weighted by Crippen LogP contribution is -2.51. The summed E-state index contributed by atoms with van der Waals surface area (Å²) in [4.78, 5) is 65.3. The first-order valence-electron chi connectivity index (χ1n) is 14.1. The Hall–Kier alpha value is -3.84. The van der Waals surface area contributed by atoms with E-state index in [0.29, 0.717) is 50.3 Å². The molecule has 0 radical (unpaired) electrons. The second-order valence-corrected chi connectivity index (χ2v) is 11.4. The summed E-state index contributed by atoms with van der Waals surface area (Å²) < 4.78 is 5.50. The van der Waals surface area contributed by atoms with E-state index < -0.39 is 30.1 Å². The number of carbonyl (C=O) groups is 5. The van der Waals surface area contributed by atoms with Gasteiger partial charge in [-0.05, 0) is 43.6 Å². The van der Waals surface area contributed by atoms with Crippen molar-refractivity contribution in [1.29, 1.82) is 0 Å². The number of thiazole rings is 1. The number of benzene rings is 1. The van der Waals surface area contributed by atoms with Crippen molar-refractivity contribution >= 4 is 41.4 Å². The third-order valence-electron chi connectivity index (χ3n) is 6.96. The van der Waals surface area contributed by atoms with Gasteiger partial charge < -0.3 is 31.1 Å². The van der Waals surface area contributed by atoms with E-state index in [2.05, 4.69) is 26.3 Å². The summed E-state index contributed by atoms with van der Waals surface area (Å²) >= 11 is 1.28. The van der Waals surface area contributed by atoms with Crippen LogP contribution in [0.2, 0.25) is 0 Å². The third kappa shape index (κ3) is 9.62. The minimum Gasteiger partial charge on any atom is -0.483 e. The number of rotatable bonds is 5. The molecule has 4 amide bonds. The summed E-state index contributed by atoms with van der Waals surface area (Å²) in [6.45, 7) is 4.59. The smallest absolute Gasteiger partial charge is 0.290 e. The van der Waals surface area contributed by atoms with Gasteiger partial charge in [-0.25, -0.2) is 4.98 Å². The van der Waals surface area contributed by atoms with Crippen LogP contribution < -0.4 is 21.3 Å². The summed E-state index contributed by atoms with van der Waals surface area (Å²) in [7, 11) is 0. The molecule has 0 saturated carbocycles. The van der Waals surface area contributed by atoms with Gasteiger partial charge in [0, 0.05) is 25.0 Å². The minimum absolute atomic E-state index is 0.0129. The SMILES string of the molecule is CC(C)[C@H]1NC(=O)[C@@H](NC(=O)[C@H]2CCCO2)CCCCNC(=O)[C@@H](Cc2ccccc2)NC(=O)c2csc1n2.O=CO. The first-order chi connectivity index (χ1) is 20.2. The number of nitrogens with zero attached hydrogens (tertiary/aromatic N) is 1. The molecular weight excluding hydrogens is 562 g/mol. The maximum Gasteiger partial charge on any atom is 0.290 e. The molecule has 12 nitrogen and oxygen atoms in total. The fourth-order valence-corrected chi connectivity index (χ4v) is 5.74. The van der Waals surface area contributed by atoms with Crippen LogP contribution in [0.4, 0.5) is 0 Å². The largest absolute Gasteiger partial charge is 0.483 e. The van der Waals surface area contributed by atoms with Gasteiger partial charge in [-0.2, -0.15) is 0 Å². The van der Waals surface area contributed by atoms with Crippen LogP contribution in [-0.4, -0.2) is 71.5 Å². The molecule has 2 aliphatic rings. The fraction of sp³-hybridized carbons (Fsp3) is 0.517. The molecule has 2 aromatic rings. The van der Waals surface area contributed by atoms with Gasteiger partial charge in [0.15, 0.2) is 0 Å². The summed E-state index contributed by atoms with van der Waals surface area (Å²) in [6.07, 6.45) is 2.88. The molecule has 42 heavy (non-hydrogen) atoms. The number of amides is 4. The molecule has 1 aromatic carbocycles. The maximum absolute atomic E-state index is 13.4. The van der Waals surface area contributed by atoms with Crippen molar-refractivity contribution in [3.05, 3.63) is 52.0 Å². The van der Waals surface area contributed by atoms with Crippen molar-refractivity contribution in [2.75, 3.05) is 13.2 Å². The Morgan fingerprint density at radius 3 is 2.52 bits per heavy atom. The van der Waals surface area contributed by atoms with Crippen molar-refractivity contribution < 1.29 is 33.8 Å². The molecule has 3 heterocycles. The molecule has 4 rings (SSSR count). The summed E-state index contributed by atoms with van der Waals surface area (Å²) in [5.74, 6) is -1.33. The lowest BCUT2D eigenvalue weighted by atomic mass is 10.0. The van der Waals surface area contributed by atoms with Crippen molar-refractivity contribution in [3.63, 3.8) is 0 Å². The molecule has 4 atom stereocenters. The van der Waals surface area contributed by atoms with Crippen molar-refractivity contribution in [3.8, 4) is 0 Å². The van der Waals surface area contributed by atoms with Crippen LogP contribution in [0, 0.1) is 5.92 Å². The third-order valence-corrected chi connectivity index (χ3v) is 7.89. The van der Waals surface area contributed by atoms with Crippen molar-refractivity contribution in [2.24, 2.45) is 5.92 Å². The van der Waals surface area contributed by atoms with Gasteiger partial charge in [-0.1, -0.05) is 44.2 Å². The lowest BCUT2D eigenvalue weighted by Gasteiger charge is -2.25. The highest BCUT2D eigenvalue weighted by atomic mass is 32.1. The number of hydrogen-bond donors (Lipinski definition) is 5. The van der Waals surface area contributed by atoms with Gasteiger partial charge in [-0.15, -0.1) is 11.3 Å². The average molecular weight is 602 g/mol. The number of carboxylic acid groups (broad SMARTS) is 1. The Balaban J connectivity index is 0.00000155. The topological polar surface area (TPSA) is 176 Å². The van der Waals surface area contributed by atoms with Crippen molar-refractivity contribution in [1.82, 2.24) is 26.3 Å². The van der Waals surface area contributed by atoms with Crippen LogP contribution in [0.5, 0.6) is 0 Å². The molecule has 0 spiro atoms. The Kier molecular flexibility index (Phi) is 12.9. The van der Waals surface area contributed by atoms with Gasteiger partial charge >= 0.3 is 0 Å². The molecule has 13 heteroatoms. The Morgan fingerprint density at radius 2 is 1.86 bits per heavy atom. The van der Waals surface area contributed by atoms with Gasteiger partial charge in [0.25, 0.3) is 12.4 Å². The highest BCUT2D eigenvalue weighted by Gasteiger charge is 2.31. The Morgan fingerprint density at radius 1 is 1.12 bits per heavy atom. The number of nitrogens with one attached hydrogen (secondary N) is 4. The molecule has 5 N–H and O–H groups in total. The summed E-state index contributed by atoms with van der Waals surface area (Å²) in [6, 6.07) is 7.57. The number of fused-ring (bicyclic) bond motifs is 2. The predicted octanol–water partition coefficient (Wildman–Crippen LogP) is 1.96. The first kappa shape index (κ1) is 32.7. The standard InChI is InChI=1S/C28H37N5O5S.CH2O2/c1-17(2)23-28-32-21(16-39-28)26(36)31-20(15-18-9-4-3-5-10-18)24(34)29-13-7-6-11-19(25(35)33-23)30-27(37)22-12-8-14-38-22;2-1-3/h3-5,9-10,16-17,19-20,22-23H,6-8,11-15H2,1-2H3,(H,29,34)(H,30,37)(H,31,36)(H,33,35);1H,(H,2,3)/t19-,20+,22+,23+;/m0./s1. The molecule has 0 aliphatic carbocycles. The van der Waals surface area contributed by atoms with E-state index in [0.717, 1.165) is 12.0 Å². The zero-order chi connectivity index (χ0) is 30.5. The molecule has 2 aliphatic heterocycles. The van der Waals surface area contributed by atoms with E-state index in [9.17, 15) is 19.2 Å². The normalized spacial score (nSPS) is 23.5. The van der Waals surface area contributed by atoms with Crippen molar-refractivity contribution in [2.45, 2.75) is 76.6 Å². The molecule has 1 saturated heterocycles. The molecule has 0 unspecified atom stereocenters. The van der Waals surface area contributed by atoms with Gasteiger partial charge in [-0.3, -0.25) is 24.0 Å². The van der Waals surface area contributed by atoms with Crippen LogP contribution in [0.3, 0.4) is 0 Å². The van der Waals surface area contributed by atoms with E-state index in [4.69, 9.17) is 14.6 Å². The second kappa shape index (κ2) is 16.6. The highest BCUT2D eigenvalue weighted by molar-refractivity contribution is 7.09. The number of carbonyl (C=O) groups excluding carboxylic acids is 4. The van der Waals surface area contributed by atoms with Crippen LogP contribution in [0.15, 0.2) is 35.7 Å². The van der Waals surface area contributed by atoms with Gasteiger partial charge in [0.05, 0.1) is 6.04 Å². The molecule has 228 valence electrons. The quantitative estimate of drug-likeness (QED) is 0.323. The first-order valence-corrected chi connectivity index (χ1v) is 15.0. The fourth-order valence-electron chi connectivity index (χ4n) is 4.72. The molecule has 1 aromatic heterocycles. The van der Waals surface area contributed by atoms with E-state index in [1.807, 2.05) is 44.2 Å². The van der Waals surface area contributed by atoms with E-state index in [-0.39, 0.29) is 35.8 Å². The Bertz CT molecular complexity index is 1200. The van der Waals surface area contributed by atoms with E-state index in [1.165, 1.54) is 11.3 Å². The zero-order valence-electron chi connectivity index (χ0n) is 23.8. The van der Waals surface area contributed by atoms with Crippen LogP contribution >= 0.6 is 11.3 Å². The maximum atomic E-state index is 13.4. The van der Waals surface area contributed by atoms with Crippen LogP contribution in [0.1, 0.15) is 73.1 Å². The number of ether oxygens (including phenoxy) is 1. The number of aromatic nitrogens is 1. The molecule has 2 bridgehead atoms. The predicted molar refractivity (Wildman–Crippen MR) is 156 cm³/mol. The lowest BCUT2D eigenvalue weighted by molar-refractivity contribution is -0.135. The summed E-state index contributed by atoms with van der Waals surface area (Å²) in [5.41, 5.74) is 1.12. The summed E-state index contributed by atoms with van der Waals surface area (Å²) in [5, 5.41) is 20.8. The number of hydrogen-bond acceptors (Lipinski definition) is 8. The Labute approximate surface area is 249 Å². The average Bonchev–Trinajstić information content (AvgIpc) is 3.68. The van der Waals surface area contributed by atoms with Gasteiger partial charge in [0.1, 0.15) is 28.9 Å².